The molecule has 0 unspecified atom stereocenters. The summed E-state index contributed by atoms with van der Waals surface area (Å²) in [5.41, 5.74) is 0.909. The van der Waals surface area contributed by atoms with E-state index in [1.165, 1.54) is 35.3 Å². The van der Waals surface area contributed by atoms with Gasteiger partial charge in [0.2, 0.25) is 0 Å². The van der Waals surface area contributed by atoms with E-state index in [9.17, 15) is 13.2 Å². The second-order valence-corrected chi connectivity index (χ2v) is 11.9. The van der Waals surface area contributed by atoms with Gasteiger partial charge in [-0.3, -0.25) is 4.90 Å². The molecule has 4 heterocycles. The zero-order chi connectivity index (χ0) is 26.0. The van der Waals surface area contributed by atoms with Crippen LogP contribution >= 0.6 is 11.3 Å². The van der Waals surface area contributed by atoms with Gasteiger partial charge in [0.25, 0.3) is 10.0 Å². The number of ether oxygens (including phenoxy) is 1. The number of hydrogen-bond acceptors (Lipinski definition) is 11. The number of aromatic nitrogens is 3. The zero-order valence-corrected chi connectivity index (χ0v) is 22.0. The molecule has 1 N–H and O–H groups in total. The maximum absolute atomic E-state index is 13.2. The van der Waals surface area contributed by atoms with Crippen molar-refractivity contribution in [2.24, 2.45) is 0 Å². The van der Waals surface area contributed by atoms with Gasteiger partial charge >= 0.3 is 5.97 Å². The summed E-state index contributed by atoms with van der Waals surface area (Å²) in [7, 11) is -2.24. The number of anilines is 1. The van der Waals surface area contributed by atoms with Gasteiger partial charge in [-0.2, -0.15) is 4.31 Å². The van der Waals surface area contributed by atoms with Crippen LogP contribution in [0, 0.1) is 0 Å². The Hall–Kier alpha value is -3.39. The fourth-order valence-corrected chi connectivity index (χ4v) is 7.20. The van der Waals surface area contributed by atoms with Gasteiger partial charge in [0.1, 0.15) is 16.4 Å². The fraction of sp³-hybridized carbons (Fsp3) is 0.333. The number of rotatable bonds is 8. The minimum absolute atomic E-state index is 0.0183. The van der Waals surface area contributed by atoms with Crippen LogP contribution in [-0.4, -0.2) is 84.6 Å². The van der Waals surface area contributed by atoms with Crippen LogP contribution < -0.4 is 5.32 Å². The summed E-state index contributed by atoms with van der Waals surface area (Å²) in [5.74, 6) is 0.730. The highest BCUT2D eigenvalue weighted by atomic mass is 32.2. The van der Waals surface area contributed by atoms with E-state index in [4.69, 9.17) is 9.26 Å². The molecule has 0 bridgehead atoms. The van der Waals surface area contributed by atoms with Crippen LogP contribution in [0.3, 0.4) is 0 Å². The number of nitrogens with zero attached hydrogens (tertiary/aromatic N) is 5. The van der Waals surface area contributed by atoms with E-state index < -0.39 is 16.0 Å². The van der Waals surface area contributed by atoms with Gasteiger partial charge in [0.05, 0.1) is 29.3 Å². The number of carbonyl (C=O) groups is 1. The Morgan fingerprint density at radius 3 is 2.70 bits per heavy atom. The number of piperazine rings is 1. The summed E-state index contributed by atoms with van der Waals surface area (Å²) in [6.07, 6.45) is 2.96. The molecule has 1 saturated heterocycles. The molecular formula is C24H26N6O5S2. The molecule has 5 rings (SSSR count). The molecule has 0 aliphatic carbocycles. The molecule has 4 aromatic rings. The Kier molecular flexibility index (Phi) is 7.20. The lowest BCUT2D eigenvalue weighted by molar-refractivity contribution is 0.0602. The predicted octanol–water partition coefficient (Wildman–Crippen LogP) is 2.94. The van der Waals surface area contributed by atoms with E-state index in [0.717, 1.165) is 10.3 Å². The molecule has 1 aliphatic rings. The van der Waals surface area contributed by atoms with Crippen LogP contribution in [0.4, 0.5) is 5.82 Å². The highest BCUT2D eigenvalue weighted by Crippen LogP contribution is 2.32. The molecule has 3 aromatic heterocycles. The lowest BCUT2D eigenvalue weighted by Crippen LogP contribution is -2.50. The average molecular weight is 543 g/mol. The molecular weight excluding hydrogens is 516 g/mol. The van der Waals surface area contributed by atoms with Gasteiger partial charge in [-0.25, -0.2) is 23.2 Å². The molecule has 1 atom stereocenters. The maximum atomic E-state index is 13.2. The summed E-state index contributed by atoms with van der Waals surface area (Å²) in [6.45, 7) is 4.78. The van der Waals surface area contributed by atoms with E-state index in [-0.39, 0.29) is 6.04 Å². The minimum Gasteiger partial charge on any atom is -0.465 e. The van der Waals surface area contributed by atoms with Crippen LogP contribution in [0.1, 0.15) is 17.3 Å². The molecule has 0 radical (unpaired) electrons. The van der Waals surface area contributed by atoms with Gasteiger partial charge in [-0.05, 0) is 31.2 Å². The van der Waals surface area contributed by atoms with Crippen LogP contribution in [0.5, 0.6) is 0 Å². The minimum atomic E-state index is -3.58. The summed E-state index contributed by atoms with van der Waals surface area (Å²) in [6, 6.07) is 10.4. The first-order valence-electron chi connectivity index (χ1n) is 11.7. The summed E-state index contributed by atoms with van der Waals surface area (Å²) < 4.78 is 38.2. The lowest BCUT2D eigenvalue weighted by atomic mass is 10.1. The van der Waals surface area contributed by atoms with Gasteiger partial charge in [-0.1, -0.05) is 11.2 Å². The number of methoxy groups -OCH3 is 1. The molecule has 37 heavy (non-hydrogen) atoms. The third-order valence-electron chi connectivity index (χ3n) is 6.17. The lowest BCUT2D eigenvalue weighted by Gasteiger charge is -2.35. The van der Waals surface area contributed by atoms with Crippen molar-refractivity contribution in [3.8, 4) is 10.6 Å². The number of carbonyl (C=O) groups excluding carboxylic acids is 1. The summed E-state index contributed by atoms with van der Waals surface area (Å²) in [5, 5.41) is 7.82. The normalized spacial score (nSPS) is 16.1. The van der Waals surface area contributed by atoms with Crippen LogP contribution in [0.15, 0.2) is 57.7 Å². The number of sulfonamides is 1. The second kappa shape index (κ2) is 10.5. The van der Waals surface area contributed by atoms with Crippen LogP contribution in [-0.2, 0) is 14.8 Å². The number of esters is 1. The van der Waals surface area contributed by atoms with Crippen LogP contribution in [0.25, 0.3) is 21.5 Å². The molecule has 194 valence electrons. The standard InChI is InChI=1S/C24H26N6O5S2/c1-16(28-23-17-4-3-5-18(24(31)34-2)22(17)25-15-26-23)14-29-10-12-30(13-11-29)37(32,33)21-7-6-20(36-21)19-8-9-27-35-19/h3-9,15-16H,10-14H2,1-2H3,(H,25,26,28)/t16-/m0/s1. The Labute approximate surface area is 218 Å². The van der Waals surface area contributed by atoms with Crippen molar-refractivity contribution in [2.75, 3.05) is 45.2 Å². The van der Waals surface area contributed by atoms with Gasteiger partial charge in [0.15, 0.2) is 5.76 Å². The summed E-state index contributed by atoms with van der Waals surface area (Å²) in [4.78, 5) is 23.7. The molecule has 13 heteroatoms. The molecule has 1 aliphatic heterocycles. The Morgan fingerprint density at radius 1 is 1.16 bits per heavy atom. The monoisotopic (exact) mass is 542 g/mol. The number of nitrogens with one attached hydrogen (secondary N) is 1. The Balaban J connectivity index is 1.20. The predicted molar refractivity (Wildman–Crippen MR) is 139 cm³/mol. The maximum Gasteiger partial charge on any atom is 0.340 e. The number of para-hydroxylation sites is 1. The SMILES string of the molecule is COC(=O)c1cccc2c(N[C@@H](C)CN3CCN(S(=O)(=O)c4ccc(-c5ccno5)s4)CC3)ncnc12. The van der Waals surface area contributed by atoms with Crippen molar-refractivity contribution in [1.29, 1.82) is 0 Å². The highest BCUT2D eigenvalue weighted by molar-refractivity contribution is 7.91. The number of benzene rings is 1. The first kappa shape index (κ1) is 25.3. The summed E-state index contributed by atoms with van der Waals surface area (Å²) >= 11 is 1.18. The van der Waals surface area contributed by atoms with E-state index in [1.807, 2.05) is 13.0 Å². The van der Waals surface area contributed by atoms with E-state index >= 15 is 0 Å². The topological polar surface area (TPSA) is 131 Å². The van der Waals surface area contributed by atoms with E-state index in [2.05, 4.69) is 25.3 Å². The fourth-order valence-electron chi connectivity index (χ4n) is 4.36. The molecule has 0 spiro atoms. The quantitative estimate of drug-likeness (QED) is 0.332. The number of thiophene rings is 1. The average Bonchev–Trinajstić information content (AvgIpc) is 3.61. The number of fused-ring (bicyclic) bond motifs is 1. The first-order chi connectivity index (χ1) is 17.9. The Morgan fingerprint density at radius 2 is 1.97 bits per heavy atom. The Bertz CT molecular complexity index is 1500. The third kappa shape index (κ3) is 5.21. The third-order valence-corrected chi connectivity index (χ3v) is 9.64. The van der Waals surface area contributed by atoms with Crippen molar-refractivity contribution in [1.82, 2.24) is 24.3 Å². The van der Waals surface area contributed by atoms with Crippen molar-refractivity contribution >= 4 is 44.1 Å². The number of hydrogen-bond donors (Lipinski definition) is 1. The van der Waals surface area contributed by atoms with E-state index in [1.54, 1.807) is 30.3 Å². The smallest absolute Gasteiger partial charge is 0.340 e. The molecule has 11 nitrogen and oxygen atoms in total. The van der Waals surface area contributed by atoms with Crippen molar-refractivity contribution in [2.45, 2.75) is 17.2 Å². The van der Waals surface area contributed by atoms with E-state index in [0.29, 0.717) is 59.6 Å². The molecule has 0 saturated carbocycles. The van der Waals surface area contributed by atoms with Crippen LogP contribution in [0.2, 0.25) is 0 Å². The molecule has 0 amide bonds. The highest BCUT2D eigenvalue weighted by Gasteiger charge is 2.30. The van der Waals surface area contributed by atoms with Gasteiger partial charge in [0, 0.05) is 50.2 Å². The van der Waals surface area contributed by atoms with Crippen molar-refractivity contribution < 1.29 is 22.5 Å². The van der Waals surface area contributed by atoms with Crippen molar-refractivity contribution in [3.05, 3.63) is 54.5 Å². The molecule has 1 aromatic carbocycles. The van der Waals surface area contributed by atoms with Gasteiger partial charge in [-0.15, -0.1) is 11.3 Å². The van der Waals surface area contributed by atoms with Gasteiger partial charge < -0.3 is 14.6 Å². The molecule has 1 fully saturated rings. The largest absolute Gasteiger partial charge is 0.465 e. The second-order valence-electron chi connectivity index (χ2n) is 8.66. The van der Waals surface area contributed by atoms with Crippen molar-refractivity contribution in [3.63, 3.8) is 0 Å². The first-order valence-corrected chi connectivity index (χ1v) is 13.9. The zero-order valence-electron chi connectivity index (χ0n) is 20.3.